The van der Waals surface area contributed by atoms with E-state index in [2.05, 4.69) is 16.0 Å². The van der Waals surface area contributed by atoms with Gasteiger partial charge in [-0.2, -0.15) is 10.4 Å². The predicted octanol–water partition coefficient (Wildman–Crippen LogP) is 5.66. The summed E-state index contributed by atoms with van der Waals surface area (Å²) in [4.78, 5) is 3.53. The van der Waals surface area contributed by atoms with Crippen molar-refractivity contribution in [2.45, 2.75) is 6.61 Å². The van der Waals surface area contributed by atoms with E-state index in [1.165, 1.54) is 4.68 Å². The summed E-state index contributed by atoms with van der Waals surface area (Å²) in [5, 5.41) is 14.3. The minimum Gasteiger partial charge on any atom is -0.493 e. The predicted molar refractivity (Wildman–Crippen MR) is 131 cm³/mol. The molecule has 0 saturated heterocycles. The SMILES string of the molecule is [C-]#[N+]c1c(C(C#N)=Cc2ccc(OCc3ccccc3)c(OC)c2)nn(-c2ccccc2)c1N. The Labute approximate surface area is 197 Å². The highest BCUT2D eigenvalue weighted by Gasteiger charge is 2.20. The van der Waals surface area contributed by atoms with Crippen LogP contribution in [0.4, 0.5) is 11.5 Å². The van der Waals surface area contributed by atoms with E-state index in [9.17, 15) is 5.26 Å². The molecule has 0 aliphatic heterocycles. The van der Waals surface area contributed by atoms with E-state index in [4.69, 9.17) is 21.8 Å². The molecule has 7 nitrogen and oxygen atoms in total. The van der Waals surface area contributed by atoms with E-state index in [-0.39, 0.29) is 22.8 Å². The lowest BCUT2D eigenvalue weighted by molar-refractivity contribution is 0.284. The van der Waals surface area contributed by atoms with Crippen LogP contribution in [0.15, 0.2) is 78.9 Å². The summed E-state index contributed by atoms with van der Waals surface area (Å²) in [5.41, 5.74) is 9.21. The number of aromatic nitrogens is 2. The molecule has 1 aromatic heterocycles. The number of nitrogens with zero attached hydrogens (tertiary/aromatic N) is 4. The van der Waals surface area contributed by atoms with Crippen LogP contribution in [0.2, 0.25) is 0 Å². The van der Waals surface area contributed by atoms with Crippen LogP contribution in [0, 0.1) is 17.9 Å². The fourth-order valence-electron chi connectivity index (χ4n) is 3.43. The molecule has 0 saturated carbocycles. The van der Waals surface area contributed by atoms with Gasteiger partial charge in [0.2, 0.25) is 0 Å². The number of hydrogen-bond acceptors (Lipinski definition) is 5. The van der Waals surface area contributed by atoms with Gasteiger partial charge in [-0.05, 0) is 41.5 Å². The van der Waals surface area contributed by atoms with Crippen molar-refractivity contribution in [2.24, 2.45) is 0 Å². The maximum Gasteiger partial charge on any atom is 0.256 e. The second kappa shape index (κ2) is 10.1. The minimum atomic E-state index is 0.131. The standard InChI is InChI=1S/C27H21N5O2/c1-30-26-25(31-32(27(26)29)22-11-7-4-8-12-22)21(17-28)15-20-13-14-23(24(16-20)33-2)34-18-19-9-5-3-6-10-19/h3-16H,18,29H2,2H3. The molecule has 0 unspecified atom stereocenters. The van der Waals surface area contributed by atoms with Gasteiger partial charge in [-0.1, -0.05) is 54.6 Å². The first-order chi connectivity index (χ1) is 16.6. The zero-order valence-corrected chi connectivity index (χ0v) is 18.5. The van der Waals surface area contributed by atoms with E-state index < -0.39 is 0 Å². The van der Waals surface area contributed by atoms with Crippen molar-refractivity contribution in [3.63, 3.8) is 0 Å². The van der Waals surface area contributed by atoms with Gasteiger partial charge in [0.15, 0.2) is 11.5 Å². The summed E-state index contributed by atoms with van der Waals surface area (Å²) in [6.07, 6.45) is 1.65. The quantitative estimate of drug-likeness (QED) is 0.292. The number of ether oxygens (including phenoxy) is 2. The highest BCUT2D eigenvalue weighted by Crippen LogP contribution is 2.35. The Kier molecular flexibility index (Phi) is 6.58. The lowest BCUT2D eigenvalue weighted by atomic mass is 10.1. The fourth-order valence-corrected chi connectivity index (χ4v) is 3.43. The third kappa shape index (κ3) is 4.59. The zero-order valence-electron chi connectivity index (χ0n) is 18.5. The normalized spacial score (nSPS) is 10.9. The van der Waals surface area contributed by atoms with Crippen molar-refractivity contribution in [3.8, 4) is 23.3 Å². The van der Waals surface area contributed by atoms with Gasteiger partial charge in [0.05, 0.1) is 24.9 Å². The molecule has 0 aliphatic carbocycles. The summed E-state index contributed by atoms with van der Waals surface area (Å²) < 4.78 is 12.9. The summed E-state index contributed by atoms with van der Waals surface area (Å²) in [6, 6.07) is 26.6. The lowest BCUT2D eigenvalue weighted by Gasteiger charge is -2.11. The van der Waals surface area contributed by atoms with Crippen LogP contribution in [0.5, 0.6) is 11.5 Å². The average Bonchev–Trinajstić information content (AvgIpc) is 3.23. The van der Waals surface area contributed by atoms with Gasteiger partial charge in [-0.3, -0.25) is 0 Å². The van der Waals surface area contributed by atoms with Crippen molar-refractivity contribution in [1.29, 1.82) is 5.26 Å². The van der Waals surface area contributed by atoms with Gasteiger partial charge >= 0.3 is 0 Å². The van der Waals surface area contributed by atoms with Gasteiger partial charge in [-0.15, -0.1) is 0 Å². The molecule has 0 spiro atoms. The molecule has 166 valence electrons. The highest BCUT2D eigenvalue weighted by molar-refractivity contribution is 5.95. The number of methoxy groups -OCH3 is 1. The largest absolute Gasteiger partial charge is 0.493 e. The molecule has 4 aromatic rings. The van der Waals surface area contributed by atoms with Crippen LogP contribution in [0.1, 0.15) is 16.8 Å². The molecule has 34 heavy (non-hydrogen) atoms. The van der Waals surface area contributed by atoms with Crippen LogP contribution in [-0.2, 0) is 6.61 Å². The number of nitriles is 1. The summed E-state index contributed by atoms with van der Waals surface area (Å²) in [7, 11) is 1.56. The van der Waals surface area contributed by atoms with E-state index in [1.807, 2.05) is 66.7 Å². The molecule has 0 amide bonds. The van der Waals surface area contributed by atoms with Crippen LogP contribution in [0.25, 0.3) is 22.2 Å². The first kappa shape index (κ1) is 22.2. The molecule has 0 aliphatic rings. The molecule has 1 heterocycles. The van der Waals surface area contributed by atoms with Crippen molar-refractivity contribution in [3.05, 3.63) is 107 Å². The third-order valence-electron chi connectivity index (χ3n) is 5.12. The average molecular weight is 447 g/mol. The number of benzene rings is 3. The number of para-hydroxylation sites is 1. The molecule has 0 bridgehead atoms. The maximum absolute atomic E-state index is 9.86. The highest BCUT2D eigenvalue weighted by atomic mass is 16.5. The van der Waals surface area contributed by atoms with Gasteiger partial charge in [-0.25, -0.2) is 9.53 Å². The van der Waals surface area contributed by atoms with Gasteiger partial charge < -0.3 is 15.2 Å². The van der Waals surface area contributed by atoms with Gasteiger partial charge in [0, 0.05) is 0 Å². The molecule has 7 heteroatoms. The smallest absolute Gasteiger partial charge is 0.256 e. The molecular formula is C27H21N5O2. The topological polar surface area (TPSA) is 90.5 Å². The fraction of sp³-hybridized carbons (Fsp3) is 0.0741. The minimum absolute atomic E-state index is 0.131. The Morgan fingerprint density at radius 1 is 1.09 bits per heavy atom. The Morgan fingerprint density at radius 3 is 2.44 bits per heavy atom. The van der Waals surface area contributed by atoms with E-state index >= 15 is 0 Å². The molecule has 4 rings (SSSR count). The van der Waals surface area contributed by atoms with Crippen molar-refractivity contribution >= 4 is 23.2 Å². The Morgan fingerprint density at radius 2 is 1.79 bits per heavy atom. The second-order valence-corrected chi connectivity index (χ2v) is 7.30. The zero-order chi connectivity index (χ0) is 23.9. The number of nitrogens with two attached hydrogens (primary N) is 1. The Bertz CT molecular complexity index is 1410. The summed E-state index contributed by atoms with van der Waals surface area (Å²) in [5.74, 6) is 1.29. The molecule has 2 N–H and O–H groups in total. The monoisotopic (exact) mass is 447 g/mol. The molecular weight excluding hydrogens is 426 g/mol. The van der Waals surface area contributed by atoms with Gasteiger partial charge in [0.1, 0.15) is 24.2 Å². The number of hydrogen-bond donors (Lipinski definition) is 1. The lowest BCUT2D eigenvalue weighted by Crippen LogP contribution is -2.01. The van der Waals surface area contributed by atoms with Crippen LogP contribution in [-0.4, -0.2) is 16.9 Å². The summed E-state index contributed by atoms with van der Waals surface area (Å²) >= 11 is 0. The van der Waals surface area contributed by atoms with Crippen LogP contribution < -0.4 is 15.2 Å². The Balaban J connectivity index is 1.67. The van der Waals surface area contributed by atoms with E-state index in [0.717, 1.165) is 5.56 Å². The maximum atomic E-state index is 9.86. The van der Waals surface area contributed by atoms with E-state index in [1.54, 1.807) is 25.3 Å². The number of nitrogen functional groups attached to an aromatic ring is 1. The summed E-state index contributed by atoms with van der Waals surface area (Å²) in [6.45, 7) is 7.98. The molecule has 3 aromatic carbocycles. The molecule has 0 radical (unpaired) electrons. The number of allylic oxidation sites excluding steroid dienone is 1. The first-order valence-electron chi connectivity index (χ1n) is 10.4. The van der Waals surface area contributed by atoms with Crippen molar-refractivity contribution < 1.29 is 9.47 Å². The van der Waals surface area contributed by atoms with Crippen molar-refractivity contribution in [1.82, 2.24) is 9.78 Å². The van der Waals surface area contributed by atoms with Crippen LogP contribution in [0.3, 0.4) is 0 Å². The molecule has 0 atom stereocenters. The number of anilines is 1. The van der Waals surface area contributed by atoms with Crippen molar-refractivity contribution in [2.75, 3.05) is 12.8 Å². The van der Waals surface area contributed by atoms with Crippen LogP contribution >= 0.6 is 0 Å². The first-order valence-corrected chi connectivity index (χ1v) is 10.4. The number of rotatable bonds is 7. The third-order valence-corrected chi connectivity index (χ3v) is 5.12. The van der Waals surface area contributed by atoms with Gasteiger partial charge in [0.25, 0.3) is 5.69 Å². The Hall–Kier alpha value is -5.01. The van der Waals surface area contributed by atoms with E-state index in [0.29, 0.717) is 29.4 Å². The molecule has 0 fully saturated rings. The second-order valence-electron chi connectivity index (χ2n) is 7.30.